The lowest BCUT2D eigenvalue weighted by molar-refractivity contribution is 0.0935. The molecule has 2 rings (SSSR count). The topological polar surface area (TPSA) is 29.3 Å². The zero-order chi connectivity index (χ0) is 11.4. The number of nitrogens with zero attached hydrogens (tertiary/aromatic N) is 1. The van der Waals surface area contributed by atoms with E-state index in [-0.39, 0.29) is 0 Å². The van der Waals surface area contributed by atoms with Gasteiger partial charge < -0.3 is 5.73 Å². The van der Waals surface area contributed by atoms with Crippen molar-refractivity contribution in [3.8, 4) is 0 Å². The van der Waals surface area contributed by atoms with Gasteiger partial charge in [0.1, 0.15) is 0 Å². The molecule has 0 spiro atoms. The summed E-state index contributed by atoms with van der Waals surface area (Å²) in [5.41, 5.74) is 5.97. The highest BCUT2D eigenvalue weighted by molar-refractivity contribution is 4.85. The molecule has 2 fully saturated rings. The number of likely N-dealkylation sites (N-methyl/N-ethyl adjacent to an activating group) is 1. The van der Waals surface area contributed by atoms with Gasteiger partial charge in [0, 0.05) is 18.6 Å². The molecule has 2 heteroatoms. The lowest BCUT2D eigenvalue weighted by Gasteiger charge is -2.41. The molecule has 0 aromatic rings. The van der Waals surface area contributed by atoms with Crippen LogP contribution < -0.4 is 5.73 Å². The van der Waals surface area contributed by atoms with Crippen LogP contribution in [0.1, 0.15) is 57.8 Å². The van der Waals surface area contributed by atoms with Crippen LogP contribution in [0.25, 0.3) is 0 Å². The monoisotopic (exact) mass is 224 g/mol. The first-order valence-electron chi connectivity index (χ1n) is 7.23. The Kier molecular flexibility index (Phi) is 4.66. The first-order valence-corrected chi connectivity index (χ1v) is 7.23. The summed E-state index contributed by atoms with van der Waals surface area (Å²) < 4.78 is 0. The summed E-state index contributed by atoms with van der Waals surface area (Å²) in [7, 11) is 2.30. The normalized spacial score (nSPS) is 25.7. The second kappa shape index (κ2) is 6.02. The SMILES string of the molecule is CN(C1CCC1)C(CN)CC1CCCCC1. The van der Waals surface area contributed by atoms with Gasteiger partial charge in [-0.3, -0.25) is 4.90 Å². The molecule has 16 heavy (non-hydrogen) atoms. The van der Waals surface area contributed by atoms with Crippen molar-refractivity contribution >= 4 is 0 Å². The van der Waals surface area contributed by atoms with Gasteiger partial charge in [0.25, 0.3) is 0 Å². The van der Waals surface area contributed by atoms with Crippen LogP contribution in [-0.2, 0) is 0 Å². The number of hydrogen-bond acceptors (Lipinski definition) is 2. The second-order valence-electron chi connectivity index (χ2n) is 5.88. The molecular formula is C14H28N2. The van der Waals surface area contributed by atoms with E-state index in [4.69, 9.17) is 5.73 Å². The largest absolute Gasteiger partial charge is 0.329 e. The van der Waals surface area contributed by atoms with Crippen LogP contribution in [0.4, 0.5) is 0 Å². The Morgan fingerprint density at radius 2 is 1.75 bits per heavy atom. The summed E-state index contributed by atoms with van der Waals surface area (Å²) in [4.78, 5) is 2.58. The van der Waals surface area contributed by atoms with Crippen molar-refractivity contribution in [3.63, 3.8) is 0 Å². The molecule has 2 saturated carbocycles. The minimum absolute atomic E-state index is 0.647. The third-order valence-electron chi connectivity index (χ3n) is 4.83. The fraction of sp³-hybridized carbons (Fsp3) is 1.00. The Balaban J connectivity index is 1.78. The molecule has 2 N–H and O–H groups in total. The van der Waals surface area contributed by atoms with Gasteiger partial charge in [0.2, 0.25) is 0 Å². The summed E-state index contributed by atoms with van der Waals surface area (Å²) in [5.74, 6) is 0.963. The minimum Gasteiger partial charge on any atom is -0.329 e. The molecule has 0 radical (unpaired) electrons. The van der Waals surface area contributed by atoms with Crippen molar-refractivity contribution in [2.45, 2.75) is 69.9 Å². The highest BCUT2D eigenvalue weighted by Gasteiger charge is 2.28. The first kappa shape index (κ1) is 12.4. The summed E-state index contributed by atoms with van der Waals surface area (Å²) in [6, 6.07) is 1.49. The molecule has 0 heterocycles. The van der Waals surface area contributed by atoms with Crippen LogP contribution in [0.2, 0.25) is 0 Å². The molecule has 2 aliphatic rings. The third kappa shape index (κ3) is 2.98. The summed E-state index contributed by atoms with van der Waals surface area (Å²) in [6.07, 6.45) is 12.9. The Bertz CT molecular complexity index is 195. The third-order valence-corrected chi connectivity index (χ3v) is 4.83. The van der Waals surface area contributed by atoms with E-state index >= 15 is 0 Å². The quantitative estimate of drug-likeness (QED) is 0.778. The Morgan fingerprint density at radius 1 is 1.06 bits per heavy atom. The lowest BCUT2D eigenvalue weighted by Crippen LogP contribution is -2.48. The van der Waals surface area contributed by atoms with Gasteiger partial charge >= 0.3 is 0 Å². The van der Waals surface area contributed by atoms with Gasteiger partial charge in [-0.2, -0.15) is 0 Å². The molecular weight excluding hydrogens is 196 g/mol. The highest BCUT2D eigenvalue weighted by atomic mass is 15.2. The standard InChI is InChI=1S/C14H28N2/c1-16(13-8-5-9-13)14(11-15)10-12-6-3-2-4-7-12/h12-14H,2-11,15H2,1H3. The maximum Gasteiger partial charge on any atom is 0.0220 e. The predicted molar refractivity (Wildman–Crippen MR) is 69.4 cm³/mol. The number of nitrogens with two attached hydrogens (primary N) is 1. The maximum atomic E-state index is 5.97. The molecule has 0 aliphatic heterocycles. The smallest absolute Gasteiger partial charge is 0.0220 e. The van der Waals surface area contributed by atoms with Crippen molar-refractivity contribution in [1.29, 1.82) is 0 Å². The zero-order valence-corrected chi connectivity index (χ0v) is 10.8. The van der Waals surface area contributed by atoms with E-state index in [1.54, 1.807) is 0 Å². The molecule has 1 atom stereocenters. The van der Waals surface area contributed by atoms with E-state index in [0.29, 0.717) is 6.04 Å². The Labute approximate surface area is 101 Å². The van der Waals surface area contributed by atoms with Gasteiger partial charge in [0.05, 0.1) is 0 Å². The van der Waals surface area contributed by atoms with Gasteiger partial charge in [-0.15, -0.1) is 0 Å². The van der Waals surface area contributed by atoms with E-state index in [1.165, 1.54) is 57.8 Å². The Morgan fingerprint density at radius 3 is 2.25 bits per heavy atom. The molecule has 0 bridgehead atoms. The molecule has 2 aliphatic carbocycles. The molecule has 94 valence electrons. The van der Waals surface area contributed by atoms with E-state index in [1.807, 2.05) is 0 Å². The van der Waals surface area contributed by atoms with E-state index in [2.05, 4.69) is 11.9 Å². The van der Waals surface area contributed by atoms with Crippen LogP contribution >= 0.6 is 0 Å². The van der Waals surface area contributed by atoms with Crippen LogP contribution in [0.5, 0.6) is 0 Å². The van der Waals surface area contributed by atoms with Gasteiger partial charge in [-0.25, -0.2) is 0 Å². The maximum absolute atomic E-state index is 5.97. The van der Waals surface area contributed by atoms with Crippen LogP contribution in [0, 0.1) is 5.92 Å². The predicted octanol–water partition coefficient (Wildman–Crippen LogP) is 2.77. The van der Waals surface area contributed by atoms with E-state index in [0.717, 1.165) is 18.5 Å². The average Bonchev–Trinajstić information content (AvgIpc) is 2.25. The second-order valence-corrected chi connectivity index (χ2v) is 5.88. The van der Waals surface area contributed by atoms with E-state index in [9.17, 15) is 0 Å². The van der Waals surface area contributed by atoms with Crippen LogP contribution in [-0.4, -0.2) is 30.6 Å². The fourth-order valence-electron chi connectivity index (χ4n) is 3.33. The average molecular weight is 224 g/mol. The summed E-state index contributed by atoms with van der Waals surface area (Å²) in [6.45, 7) is 0.851. The fourth-order valence-corrected chi connectivity index (χ4v) is 3.33. The number of hydrogen-bond donors (Lipinski definition) is 1. The lowest BCUT2D eigenvalue weighted by atomic mass is 9.83. The van der Waals surface area contributed by atoms with Crippen molar-refractivity contribution in [2.24, 2.45) is 11.7 Å². The van der Waals surface area contributed by atoms with Gasteiger partial charge in [0.15, 0.2) is 0 Å². The molecule has 0 aromatic carbocycles. The van der Waals surface area contributed by atoms with Crippen molar-refractivity contribution < 1.29 is 0 Å². The summed E-state index contributed by atoms with van der Waals surface area (Å²) in [5, 5.41) is 0. The van der Waals surface area contributed by atoms with Crippen molar-refractivity contribution in [1.82, 2.24) is 4.90 Å². The highest BCUT2D eigenvalue weighted by Crippen LogP contribution is 2.31. The molecule has 0 saturated heterocycles. The molecule has 0 amide bonds. The van der Waals surface area contributed by atoms with Crippen molar-refractivity contribution in [3.05, 3.63) is 0 Å². The summed E-state index contributed by atoms with van der Waals surface area (Å²) >= 11 is 0. The van der Waals surface area contributed by atoms with Gasteiger partial charge in [-0.05, 0) is 32.2 Å². The van der Waals surface area contributed by atoms with Gasteiger partial charge in [-0.1, -0.05) is 38.5 Å². The van der Waals surface area contributed by atoms with Crippen LogP contribution in [0.15, 0.2) is 0 Å². The van der Waals surface area contributed by atoms with Crippen molar-refractivity contribution in [2.75, 3.05) is 13.6 Å². The van der Waals surface area contributed by atoms with Crippen LogP contribution in [0.3, 0.4) is 0 Å². The number of rotatable bonds is 5. The molecule has 0 aromatic heterocycles. The van der Waals surface area contributed by atoms with E-state index < -0.39 is 0 Å². The molecule has 2 nitrogen and oxygen atoms in total. The Hall–Kier alpha value is -0.0800. The molecule has 1 unspecified atom stereocenters. The first-order chi connectivity index (χ1) is 7.81. The zero-order valence-electron chi connectivity index (χ0n) is 10.8. The minimum atomic E-state index is 0.647.